The molecule has 5 rings (SSSR count). The van der Waals surface area contributed by atoms with Crippen molar-refractivity contribution in [3.8, 4) is 11.1 Å². The summed E-state index contributed by atoms with van der Waals surface area (Å²) < 4.78 is 11.4. The second-order valence-corrected chi connectivity index (χ2v) is 8.54. The van der Waals surface area contributed by atoms with Crippen molar-refractivity contribution in [1.82, 2.24) is 5.32 Å². The lowest BCUT2D eigenvalue weighted by Crippen LogP contribution is -2.69. The highest BCUT2D eigenvalue weighted by molar-refractivity contribution is 5.79. The van der Waals surface area contributed by atoms with E-state index >= 15 is 0 Å². The Morgan fingerprint density at radius 3 is 2.40 bits per heavy atom. The number of amides is 1. The molecule has 2 N–H and O–H groups in total. The first-order valence-corrected chi connectivity index (χ1v) is 10.5. The molecule has 2 aromatic rings. The molecule has 1 unspecified atom stereocenters. The number of hydrogen-bond acceptors (Lipinski definition) is 4. The lowest BCUT2D eigenvalue weighted by Gasteiger charge is -2.56. The smallest absolute Gasteiger partial charge is 0.407 e. The monoisotopic (exact) mass is 407 g/mol. The molecule has 0 radical (unpaired) electrons. The number of aliphatic carboxylic acids is 1. The van der Waals surface area contributed by atoms with Gasteiger partial charge >= 0.3 is 12.1 Å². The van der Waals surface area contributed by atoms with E-state index in [0.717, 1.165) is 24.0 Å². The standard InChI is InChI=1S/C24H25NO5/c26-22(27)13-24(12-21-20(24)10-5-11-29-21)25-23(28)30-14-19-17-8-3-1-6-15(17)16-7-2-4-9-18(16)19/h1-4,6-9,19-21H,5,10-14H2,(H,25,28)(H,26,27)/t20-,21-,24?/m0/s1. The highest BCUT2D eigenvalue weighted by Gasteiger charge is 2.57. The van der Waals surface area contributed by atoms with Gasteiger partial charge in [0.15, 0.2) is 0 Å². The maximum absolute atomic E-state index is 12.7. The van der Waals surface area contributed by atoms with Crippen LogP contribution in [0.15, 0.2) is 48.5 Å². The summed E-state index contributed by atoms with van der Waals surface area (Å²) in [4.78, 5) is 24.2. The molecular weight excluding hydrogens is 382 g/mol. The van der Waals surface area contributed by atoms with Crippen LogP contribution in [0.25, 0.3) is 11.1 Å². The molecule has 0 aromatic heterocycles. The SMILES string of the molecule is O=C(O)CC1(NC(=O)OCC2c3ccccc3-c3ccccc32)C[C@@H]2OCCC[C@@H]21. The minimum absolute atomic E-state index is 0.0225. The predicted molar refractivity (Wildman–Crippen MR) is 110 cm³/mol. The summed E-state index contributed by atoms with van der Waals surface area (Å²) in [6.45, 7) is 0.920. The van der Waals surface area contributed by atoms with Crippen LogP contribution in [0.2, 0.25) is 0 Å². The Balaban J connectivity index is 1.30. The van der Waals surface area contributed by atoms with Crippen molar-refractivity contribution in [2.75, 3.05) is 13.2 Å². The first-order chi connectivity index (χ1) is 14.6. The lowest BCUT2D eigenvalue weighted by atomic mass is 9.60. The van der Waals surface area contributed by atoms with E-state index in [9.17, 15) is 14.7 Å². The van der Waals surface area contributed by atoms with Crippen LogP contribution in [0.5, 0.6) is 0 Å². The summed E-state index contributed by atoms with van der Waals surface area (Å²) in [7, 11) is 0. The Kier molecular flexibility index (Phi) is 4.74. The number of hydrogen-bond donors (Lipinski definition) is 2. The first kappa shape index (κ1) is 19.1. The molecule has 6 nitrogen and oxygen atoms in total. The molecule has 3 aliphatic rings. The summed E-state index contributed by atoms with van der Waals surface area (Å²) in [6.07, 6.45) is 1.64. The maximum atomic E-state index is 12.7. The molecule has 30 heavy (non-hydrogen) atoms. The number of benzene rings is 2. The molecule has 6 heteroatoms. The predicted octanol–water partition coefficient (Wildman–Crippen LogP) is 3.94. The van der Waals surface area contributed by atoms with Crippen LogP contribution >= 0.6 is 0 Å². The van der Waals surface area contributed by atoms with E-state index < -0.39 is 17.6 Å². The topological polar surface area (TPSA) is 84.9 Å². The molecule has 1 aliphatic heterocycles. The van der Waals surface area contributed by atoms with Crippen LogP contribution in [0, 0.1) is 5.92 Å². The van der Waals surface area contributed by atoms with Gasteiger partial charge in [0.05, 0.1) is 18.1 Å². The van der Waals surface area contributed by atoms with E-state index in [2.05, 4.69) is 29.6 Å². The van der Waals surface area contributed by atoms with Crippen LogP contribution < -0.4 is 5.32 Å². The summed E-state index contributed by atoms with van der Waals surface area (Å²) in [5.74, 6) is -0.911. The number of ether oxygens (including phenoxy) is 2. The summed E-state index contributed by atoms with van der Waals surface area (Å²) >= 11 is 0. The summed E-state index contributed by atoms with van der Waals surface area (Å²) in [6, 6.07) is 16.4. The minimum Gasteiger partial charge on any atom is -0.481 e. The Bertz CT molecular complexity index is 944. The molecule has 156 valence electrons. The summed E-state index contributed by atoms with van der Waals surface area (Å²) in [5.41, 5.74) is 3.86. The zero-order chi connectivity index (χ0) is 20.7. The fourth-order valence-electron chi connectivity index (χ4n) is 5.52. The van der Waals surface area contributed by atoms with Crippen LogP contribution in [-0.4, -0.2) is 42.0 Å². The minimum atomic E-state index is -0.919. The van der Waals surface area contributed by atoms with E-state index in [1.165, 1.54) is 11.1 Å². The zero-order valence-electron chi connectivity index (χ0n) is 16.7. The maximum Gasteiger partial charge on any atom is 0.407 e. The fraction of sp³-hybridized carbons (Fsp3) is 0.417. The van der Waals surface area contributed by atoms with Gasteiger partial charge in [-0.3, -0.25) is 4.79 Å². The first-order valence-electron chi connectivity index (χ1n) is 10.5. The van der Waals surface area contributed by atoms with Gasteiger partial charge in [-0.25, -0.2) is 4.79 Å². The number of carboxylic acids is 1. The molecule has 2 aromatic carbocycles. The van der Waals surface area contributed by atoms with Crippen LogP contribution in [-0.2, 0) is 14.3 Å². The lowest BCUT2D eigenvalue weighted by molar-refractivity contribution is -0.161. The van der Waals surface area contributed by atoms with E-state index in [0.29, 0.717) is 13.0 Å². The van der Waals surface area contributed by atoms with Crippen LogP contribution in [0.1, 0.15) is 42.7 Å². The third-order valence-corrected chi connectivity index (χ3v) is 6.88. The van der Waals surface area contributed by atoms with Crippen molar-refractivity contribution in [1.29, 1.82) is 0 Å². The van der Waals surface area contributed by atoms with E-state index in [1.807, 2.05) is 24.3 Å². The molecule has 1 amide bonds. The Hall–Kier alpha value is -2.86. The van der Waals surface area contributed by atoms with Gasteiger partial charge in [0.2, 0.25) is 0 Å². The van der Waals surface area contributed by atoms with Gasteiger partial charge in [0, 0.05) is 18.4 Å². The molecule has 1 heterocycles. The number of nitrogens with one attached hydrogen (secondary N) is 1. The summed E-state index contributed by atoms with van der Waals surface area (Å²) in [5, 5.41) is 12.3. The average molecular weight is 407 g/mol. The number of fused-ring (bicyclic) bond motifs is 4. The van der Waals surface area contributed by atoms with Crippen molar-refractivity contribution in [2.45, 2.75) is 43.2 Å². The molecule has 1 saturated carbocycles. The normalized spacial score (nSPS) is 26.7. The third-order valence-electron chi connectivity index (χ3n) is 6.88. The van der Waals surface area contributed by atoms with E-state index in [-0.39, 0.29) is 31.0 Å². The Labute approximate surface area is 175 Å². The Morgan fingerprint density at radius 2 is 1.77 bits per heavy atom. The fourth-order valence-corrected chi connectivity index (χ4v) is 5.52. The Morgan fingerprint density at radius 1 is 1.10 bits per heavy atom. The zero-order valence-corrected chi connectivity index (χ0v) is 16.7. The highest BCUT2D eigenvalue weighted by Crippen LogP contribution is 2.48. The molecule has 0 bridgehead atoms. The van der Waals surface area contributed by atoms with Crippen molar-refractivity contribution in [3.05, 3.63) is 59.7 Å². The van der Waals surface area contributed by atoms with Gasteiger partial charge < -0.3 is 19.9 Å². The molecular formula is C24H25NO5. The van der Waals surface area contributed by atoms with Crippen molar-refractivity contribution in [2.24, 2.45) is 5.92 Å². The van der Waals surface area contributed by atoms with Crippen molar-refractivity contribution < 1.29 is 24.2 Å². The molecule has 0 spiro atoms. The number of alkyl carbamates (subject to hydrolysis) is 1. The van der Waals surface area contributed by atoms with E-state index in [1.54, 1.807) is 0 Å². The third kappa shape index (κ3) is 3.16. The van der Waals surface area contributed by atoms with Gasteiger partial charge in [-0.15, -0.1) is 0 Å². The van der Waals surface area contributed by atoms with Crippen molar-refractivity contribution in [3.63, 3.8) is 0 Å². The van der Waals surface area contributed by atoms with Gasteiger partial charge in [-0.1, -0.05) is 48.5 Å². The molecule has 2 aliphatic carbocycles. The number of rotatable bonds is 5. The van der Waals surface area contributed by atoms with E-state index in [4.69, 9.17) is 9.47 Å². The largest absolute Gasteiger partial charge is 0.481 e. The highest BCUT2D eigenvalue weighted by atomic mass is 16.5. The number of carboxylic acid groups (broad SMARTS) is 1. The van der Waals surface area contributed by atoms with Gasteiger partial charge in [-0.2, -0.15) is 0 Å². The number of carbonyl (C=O) groups excluding carboxylic acids is 1. The number of carbonyl (C=O) groups is 2. The second-order valence-electron chi connectivity index (χ2n) is 8.54. The van der Waals surface area contributed by atoms with Crippen LogP contribution in [0.3, 0.4) is 0 Å². The second kappa shape index (κ2) is 7.43. The van der Waals surface area contributed by atoms with Gasteiger partial charge in [0.1, 0.15) is 6.61 Å². The van der Waals surface area contributed by atoms with Gasteiger partial charge in [-0.05, 0) is 41.5 Å². The average Bonchev–Trinajstić information content (AvgIpc) is 3.05. The molecule has 1 saturated heterocycles. The van der Waals surface area contributed by atoms with Gasteiger partial charge in [0.25, 0.3) is 0 Å². The quantitative estimate of drug-likeness (QED) is 0.784. The molecule has 3 atom stereocenters. The molecule has 2 fully saturated rings. The van der Waals surface area contributed by atoms with Crippen molar-refractivity contribution >= 4 is 12.1 Å². The van der Waals surface area contributed by atoms with Crippen LogP contribution in [0.4, 0.5) is 4.79 Å².